The van der Waals surface area contributed by atoms with E-state index in [0.717, 1.165) is 6.07 Å². The number of nitro groups is 1. The van der Waals surface area contributed by atoms with E-state index in [1.807, 2.05) is 0 Å². The fourth-order valence-electron chi connectivity index (χ4n) is 1.53. The number of likely N-dealkylation sites (N-methyl/N-ethyl adjacent to an activating group) is 1. The van der Waals surface area contributed by atoms with Crippen molar-refractivity contribution in [2.24, 2.45) is 0 Å². The van der Waals surface area contributed by atoms with Crippen molar-refractivity contribution in [3.05, 3.63) is 46.5 Å². The predicted molar refractivity (Wildman–Crippen MR) is 66.5 cm³/mol. The van der Waals surface area contributed by atoms with Crippen LogP contribution in [0.3, 0.4) is 0 Å². The van der Waals surface area contributed by atoms with Crippen molar-refractivity contribution < 1.29 is 14.8 Å². The quantitative estimate of drug-likeness (QED) is 0.491. The number of phenolic OH excluding ortho intramolecular Hbond substituents is 1. The lowest BCUT2D eigenvalue weighted by atomic mass is 10.1. The molecule has 1 amide bonds. The third-order valence-electron chi connectivity index (χ3n) is 2.46. The predicted octanol–water partition coefficient (Wildman–Crippen LogP) is 1.95. The van der Waals surface area contributed by atoms with Crippen LogP contribution in [-0.2, 0) is 0 Å². The second-order valence-corrected chi connectivity index (χ2v) is 3.56. The van der Waals surface area contributed by atoms with E-state index >= 15 is 0 Å². The number of nitrogens with zero attached hydrogens (tertiary/aromatic N) is 2. The minimum absolute atomic E-state index is 0.0760. The number of para-hydroxylation sites is 1. The van der Waals surface area contributed by atoms with E-state index in [0.29, 0.717) is 13.1 Å². The molecule has 1 rings (SSSR count). The fraction of sp³-hybridized carbons (Fsp3) is 0.250. The Hall–Kier alpha value is -2.37. The Morgan fingerprint density at radius 2 is 2.28 bits per heavy atom. The molecule has 0 atom stereocenters. The minimum atomic E-state index is -0.726. The van der Waals surface area contributed by atoms with Crippen molar-refractivity contribution in [1.82, 2.24) is 4.90 Å². The van der Waals surface area contributed by atoms with Crippen LogP contribution in [0.5, 0.6) is 5.75 Å². The topological polar surface area (TPSA) is 83.7 Å². The molecule has 0 radical (unpaired) electrons. The van der Waals surface area contributed by atoms with Crippen LogP contribution in [0.1, 0.15) is 17.3 Å². The Bertz CT molecular complexity index is 485. The van der Waals surface area contributed by atoms with E-state index in [1.54, 1.807) is 13.0 Å². The summed E-state index contributed by atoms with van der Waals surface area (Å²) in [6.45, 7) is 6.04. The minimum Gasteiger partial charge on any atom is -0.502 e. The van der Waals surface area contributed by atoms with E-state index < -0.39 is 22.3 Å². The van der Waals surface area contributed by atoms with Gasteiger partial charge >= 0.3 is 5.69 Å². The normalized spacial score (nSPS) is 9.83. The summed E-state index contributed by atoms with van der Waals surface area (Å²) in [6.07, 6.45) is 1.55. The van der Waals surface area contributed by atoms with Crippen LogP contribution in [0, 0.1) is 10.1 Å². The second-order valence-electron chi connectivity index (χ2n) is 3.56. The molecule has 0 saturated carbocycles. The summed E-state index contributed by atoms with van der Waals surface area (Å²) in [7, 11) is 0. The van der Waals surface area contributed by atoms with Gasteiger partial charge in [0, 0.05) is 19.2 Å². The van der Waals surface area contributed by atoms with Gasteiger partial charge in [0.15, 0.2) is 0 Å². The molecule has 96 valence electrons. The van der Waals surface area contributed by atoms with E-state index in [9.17, 15) is 20.0 Å². The maximum absolute atomic E-state index is 12.1. The maximum atomic E-state index is 12.1. The zero-order chi connectivity index (χ0) is 13.7. The number of hydrogen-bond acceptors (Lipinski definition) is 4. The standard InChI is InChI=1S/C12H14N2O4/c1-3-8-13(4-2)12(16)9-6-5-7-10(11(9)15)14(17)18/h3,5-7,15H,1,4,8H2,2H3. The summed E-state index contributed by atoms with van der Waals surface area (Å²) >= 11 is 0. The van der Waals surface area contributed by atoms with Crippen molar-refractivity contribution in [1.29, 1.82) is 0 Å². The first-order valence-electron chi connectivity index (χ1n) is 5.39. The van der Waals surface area contributed by atoms with Gasteiger partial charge in [0.2, 0.25) is 5.75 Å². The molecule has 1 aromatic rings. The third kappa shape index (κ3) is 2.65. The van der Waals surface area contributed by atoms with Gasteiger partial charge in [-0.25, -0.2) is 0 Å². The van der Waals surface area contributed by atoms with Crippen LogP contribution < -0.4 is 0 Å². The van der Waals surface area contributed by atoms with Crippen LogP contribution in [0.4, 0.5) is 5.69 Å². The van der Waals surface area contributed by atoms with Gasteiger partial charge in [0.25, 0.3) is 5.91 Å². The molecule has 0 aliphatic carbocycles. The Morgan fingerprint density at radius 1 is 1.61 bits per heavy atom. The molecule has 0 spiro atoms. The first-order chi connectivity index (χ1) is 8.52. The molecule has 1 N–H and O–H groups in total. The van der Waals surface area contributed by atoms with E-state index in [-0.39, 0.29) is 5.56 Å². The van der Waals surface area contributed by atoms with Gasteiger partial charge in [0.05, 0.1) is 10.5 Å². The molecular formula is C12H14N2O4. The van der Waals surface area contributed by atoms with Crippen molar-refractivity contribution in [3.8, 4) is 5.75 Å². The number of phenols is 1. The zero-order valence-electron chi connectivity index (χ0n) is 10.00. The molecule has 0 aliphatic heterocycles. The lowest BCUT2D eigenvalue weighted by Crippen LogP contribution is -2.30. The van der Waals surface area contributed by atoms with Gasteiger partial charge < -0.3 is 10.0 Å². The van der Waals surface area contributed by atoms with Crippen LogP contribution >= 0.6 is 0 Å². The molecule has 0 fully saturated rings. The first kappa shape index (κ1) is 13.7. The Balaban J connectivity index is 3.17. The number of hydrogen-bond donors (Lipinski definition) is 1. The fourth-order valence-corrected chi connectivity index (χ4v) is 1.53. The van der Waals surface area contributed by atoms with Crippen molar-refractivity contribution in [2.75, 3.05) is 13.1 Å². The largest absolute Gasteiger partial charge is 0.502 e. The highest BCUT2D eigenvalue weighted by atomic mass is 16.6. The van der Waals surface area contributed by atoms with Crippen LogP contribution in [-0.4, -0.2) is 33.9 Å². The summed E-state index contributed by atoms with van der Waals surface area (Å²) in [5, 5.41) is 20.4. The number of rotatable bonds is 5. The summed E-state index contributed by atoms with van der Waals surface area (Å²) < 4.78 is 0. The number of nitro benzene ring substituents is 1. The van der Waals surface area contributed by atoms with Gasteiger partial charge in [-0.2, -0.15) is 0 Å². The molecule has 0 unspecified atom stereocenters. The van der Waals surface area contributed by atoms with Gasteiger partial charge in [-0.3, -0.25) is 14.9 Å². The summed E-state index contributed by atoms with van der Waals surface area (Å²) in [5.74, 6) is -1.06. The smallest absolute Gasteiger partial charge is 0.311 e. The van der Waals surface area contributed by atoms with E-state index in [2.05, 4.69) is 6.58 Å². The number of amides is 1. The first-order valence-corrected chi connectivity index (χ1v) is 5.39. The molecule has 6 nitrogen and oxygen atoms in total. The Labute approximate surface area is 104 Å². The average Bonchev–Trinajstić information content (AvgIpc) is 2.35. The van der Waals surface area contributed by atoms with Crippen molar-refractivity contribution >= 4 is 11.6 Å². The Morgan fingerprint density at radius 3 is 2.78 bits per heavy atom. The van der Waals surface area contributed by atoms with Crippen molar-refractivity contribution in [3.63, 3.8) is 0 Å². The van der Waals surface area contributed by atoms with Crippen molar-refractivity contribution in [2.45, 2.75) is 6.92 Å². The zero-order valence-corrected chi connectivity index (χ0v) is 10.00. The highest BCUT2D eigenvalue weighted by molar-refractivity contribution is 5.98. The van der Waals surface area contributed by atoms with Gasteiger partial charge in [-0.1, -0.05) is 12.1 Å². The number of benzene rings is 1. The number of aromatic hydroxyl groups is 1. The molecule has 0 bridgehead atoms. The maximum Gasteiger partial charge on any atom is 0.311 e. The molecule has 0 saturated heterocycles. The molecular weight excluding hydrogens is 236 g/mol. The molecule has 1 aromatic carbocycles. The molecule has 6 heteroatoms. The Kier molecular flexibility index (Phi) is 4.42. The third-order valence-corrected chi connectivity index (χ3v) is 2.46. The lowest BCUT2D eigenvalue weighted by molar-refractivity contribution is -0.385. The van der Waals surface area contributed by atoms with Crippen LogP contribution in [0.2, 0.25) is 0 Å². The highest BCUT2D eigenvalue weighted by Crippen LogP contribution is 2.30. The molecule has 0 heterocycles. The van der Waals surface area contributed by atoms with Gasteiger partial charge in [0.1, 0.15) is 0 Å². The van der Waals surface area contributed by atoms with Gasteiger partial charge in [-0.05, 0) is 13.0 Å². The summed E-state index contributed by atoms with van der Waals surface area (Å²) in [5.41, 5.74) is -0.552. The SMILES string of the molecule is C=CCN(CC)C(=O)c1cccc([N+](=O)[O-])c1O. The van der Waals surface area contributed by atoms with E-state index in [1.165, 1.54) is 17.0 Å². The van der Waals surface area contributed by atoms with Crippen LogP contribution in [0.25, 0.3) is 0 Å². The number of carbonyl (C=O) groups is 1. The van der Waals surface area contributed by atoms with E-state index in [4.69, 9.17) is 0 Å². The lowest BCUT2D eigenvalue weighted by Gasteiger charge is -2.19. The summed E-state index contributed by atoms with van der Waals surface area (Å²) in [4.78, 5) is 23.4. The molecule has 18 heavy (non-hydrogen) atoms. The monoisotopic (exact) mass is 250 g/mol. The highest BCUT2D eigenvalue weighted by Gasteiger charge is 2.23. The average molecular weight is 250 g/mol. The summed E-state index contributed by atoms with van der Waals surface area (Å²) in [6, 6.07) is 3.87. The molecule has 0 aromatic heterocycles. The second kappa shape index (κ2) is 5.81. The number of carbonyl (C=O) groups excluding carboxylic acids is 1. The van der Waals surface area contributed by atoms with Crippen LogP contribution in [0.15, 0.2) is 30.9 Å². The van der Waals surface area contributed by atoms with Gasteiger partial charge in [-0.15, -0.1) is 6.58 Å². The molecule has 0 aliphatic rings.